The van der Waals surface area contributed by atoms with E-state index in [2.05, 4.69) is 15.5 Å². The molecule has 0 unspecified atom stereocenters. The van der Waals surface area contributed by atoms with Crippen molar-refractivity contribution in [1.82, 2.24) is 20.2 Å². The second-order valence-electron chi connectivity index (χ2n) is 5.83. The number of aromatic hydroxyl groups is 1. The number of ether oxygens (including phenoxy) is 1. The summed E-state index contributed by atoms with van der Waals surface area (Å²) in [5.41, 5.74) is 1.36. The molecule has 0 aliphatic rings. The number of aromatic nitrogens is 4. The number of fused-ring (bicyclic) bond motifs is 1. The second kappa shape index (κ2) is 7.73. The van der Waals surface area contributed by atoms with Crippen molar-refractivity contribution in [3.05, 3.63) is 64.5 Å². The van der Waals surface area contributed by atoms with Crippen molar-refractivity contribution < 1.29 is 14.3 Å². The van der Waals surface area contributed by atoms with E-state index in [1.165, 1.54) is 23.9 Å². The predicted molar refractivity (Wildman–Crippen MR) is 104 cm³/mol. The van der Waals surface area contributed by atoms with Gasteiger partial charge in [-0.25, -0.2) is 4.79 Å². The third-order valence-electron chi connectivity index (χ3n) is 4.00. The number of para-hydroxylation sites is 2. The number of phenolic OH excluding ortho intramolecular Hbond substituents is 1. The molecule has 142 valence electrons. The van der Waals surface area contributed by atoms with Crippen molar-refractivity contribution in [2.75, 3.05) is 6.61 Å². The van der Waals surface area contributed by atoms with E-state index >= 15 is 0 Å². The number of rotatable bonds is 6. The first-order chi connectivity index (χ1) is 13.7. The summed E-state index contributed by atoms with van der Waals surface area (Å²) >= 11 is 1.38. The maximum absolute atomic E-state index is 11.9. The summed E-state index contributed by atoms with van der Waals surface area (Å²) < 4.78 is 12.4. The number of hydrogen-bond donors (Lipinski definition) is 1. The normalized spacial score (nSPS) is 11.0. The van der Waals surface area contributed by atoms with E-state index in [4.69, 9.17) is 9.15 Å². The Morgan fingerprint density at radius 3 is 2.93 bits per heavy atom. The summed E-state index contributed by atoms with van der Waals surface area (Å²) in [5.74, 6) is 1.17. The molecule has 0 atom stereocenters. The third kappa shape index (κ3) is 3.56. The molecule has 0 saturated carbocycles. The molecule has 9 heteroatoms. The van der Waals surface area contributed by atoms with Gasteiger partial charge in [-0.15, -0.1) is 5.10 Å². The van der Waals surface area contributed by atoms with Gasteiger partial charge in [0, 0.05) is 23.3 Å². The molecular formula is C19H16N4O4S. The van der Waals surface area contributed by atoms with Gasteiger partial charge in [0.1, 0.15) is 22.8 Å². The van der Waals surface area contributed by atoms with Crippen LogP contribution in [0.1, 0.15) is 12.5 Å². The molecule has 1 N–H and O–H groups in total. The van der Waals surface area contributed by atoms with Crippen LogP contribution in [-0.2, 0) is 5.75 Å². The van der Waals surface area contributed by atoms with Crippen LogP contribution in [0.5, 0.6) is 11.5 Å². The molecule has 0 aliphatic carbocycles. The molecule has 0 fully saturated rings. The molecule has 2 heterocycles. The Morgan fingerprint density at radius 2 is 2.07 bits per heavy atom. The third-order valence-corrected chi connectivity index (χ3v) is 4.97. The molecular weight excluding hydrogens is 380 g/mol. The quantitative estimate of drug-likeness (QED) is 0.392. The standard InChI is InChI=1S/C19H16N4O4S/c1-2-26-16-6-4-3-5-15(16)23-19(20-21-22-23)28-11-12-9-18(25)27-17-10-13(24)7-8-14(12)17/h3-10,24H,2,11H2,1H3. The van der Waals surface area contributed by atoms with Crippen molar-refractivity contribution in [2.24, 2.45) is 0 Å². The minimum Gasteiger partial charge on any atom is -0.508 e. The van der Waals surface area contributed by atoms with E-state index in [9.17, 15) is 9.90 Å². The van der Waals surface area contributed by atoms with Crippen LogP contribution < -0.4 is 10.4 Å². The Balaban J connectivity index is 1.66. The summed E-state index contributed by atoms with van der Waals surface area (Å²) in [5, 5.41) is 22.9. The molecule has 2 aromatic carbocycles. The van der Waals surface area contributed by atoms with Crippen LogP contribution in [-0.4, -0.2) is 31.9 Å². The second-order valence-corrected chi connectivity index (χ2v) is 6.78. The van der Waals surface area contributed by atoms with Gasteiger partial charge in [-0.3, -0.25) is 0 Å². The highest BCUT2D eigenvalue weighted by Crippen LogP contribution is 2.30. The molecule has 0 saturated heterocycles. The van der Waals surface area contributed by atoms with E-state index in [0.29, 0.717) is 28.8 Å². The Bertz CT molecular complexity index is 1190. The number of thioether (sulfide) groups is 1. The minimum atomic E-state index is -0.477. The zero-order valence-electron chi connectivity index (χ0n) is 14.9. The molecule has 0 radical (unpaired) electrons. The van der Waals surface area contributed by atoms with E-state index in [1.807, 2.05) is 31.2 Å². The van der Waals surface area contributed by atoms with Gasteiger partial charge in [0.15, 0.2) is 0 Å². The van der Waals surface area contributed by atoms with Gasteiger partial charge in [-0.2, -0.15) is 4.68 Å². The summed E-state index contributed by atoms with van der Waals surface area (Å²) in [7, 11) is 0. The Labute approximate surface area is 163 Å². The average molecular weight is 396 g/mol. The van der Waals surface area contributed by atoms with E-state index < -0.39 is 5.63 Å². The lowest BCUT2D eigenvalue weighted by Gasteiger charge is -2.10. The monoisotopic (exact) mass is 396 g/mol. The minimum absolute atomic E-state index is 0.0388. The highest BCUT2D eigenvalue weighted by Gasteiger charge is 2.15. The van der Waals surface area contributed by atoms with Gasteiger partial charge >= 0.3 is 5.63 Å². The fourth-order valence-electron chi connectivity index (χ4n) is 2.81. The Kier molecular flexibility index (Phi) is 4.98. The molecule has 28 heavy (non-hydrogen) atoms. The van der Waals surface area contributed by atoms with Gasteiger partial charge in [0.05, 0.1) is 6.61 Å². The summed E-state index contributed by atoms with van der Waals surface area (Å²) in [6.07, 6.45) is 0. The lowest BCUT2D eigenvalue weighted by Crippen LogP contribution is -2.04. The number of phenols is 1. The molecule has 4 aromatic rings. The first kappa shape index (κ1) is 18.1. The first-order valence-corrected chi connectivity index (χ1v) is 9.53. The van der Waals surface area contributed by atoms with E-state index in [0.717, 1.165) is 16.6 Å². The van der Waals surface area contributed by atoms with Gasteiger partial charge in [-0.1, -0.05) is 23.9 Å². The number of benzene rings is 2. The molecule has 0 amide bonds. The average Bonchev–Trinajstić information content (AvgIpc) is 3.14. The molecule has 2 aromatic heterocycles. The lowest BCUT2D eigenvalue weighted by atomic mass is 10.1. The van der Waals surface area contributed by atoms with Gasteiger partial charge in [0.25, 0.3) is 0 Å². The highest BCUT2D eigenvalue weighted by molar-refractivity contribution is 7.98. The fourth-order valence-corrected chi connectivity index (χ4v) is 3.68. The lowest BCUT2D eigenvalue weighted by molar-refractivity contribution is 0.337. The molecule has 0 aliphatic heterocycles. The summed E-state index contributed by atoms with van der Waals surface area (Å²) in [4.78, 5) is 11.9. The number of tetrazole rings is 1. The van der Waals surface area contributed by atoms with Crippen molar-refractivity contribution >= 4 is 22.7 Å². The van der Waals surface area contributed by atoms with Crippen LogP contribution in [0.2, 0.25) is 0 Å². The fraction of sp³-hybridized carbons (Fsp3) is 0.158. The maximum Gasteiger partial charge on any atom is 0.336 e. The smallest absolute Gasteiger partial charge is 0.336 e. The largest absolute Gasteiger partial charge is 0.508 e. The van der Waals surface area contributed by atoms with Crippen molar-refractivity contribution in [1.29, 1.82) is 0 Å². The van der Waals surface area contributed by atoms with E-state index in [-0.39, 0.29) is 5.75 Å². The SMILES string of the molecule is CCOc1ccccc1-n1nnnc1SCc1cc(=O)oc2cc(O)ccc12. The van der Waals surface area contributed by atoms with Gasteiger partial charge in [-0.05, 0) is 47.2 Å². The zero-order chi connectivity index (χ0) is 19.5. The predicted octanol–water partition coefficient (Wildman–Crippen LogP) is 3.17. The number of nitrogens with zero attached hydrogens (tertiary/aromatic N) is 4. The summed E-state index contributed by atoms with van der Waals surface area (Å²) in [6, 6.07) is 13.6. The van der Waals surface area contributed by atoms with Crippen LogP contribution in [0.15, 0.2) is 62.9 Å². The van der Waals surface area contributed by atoms with Crippen molar-refractivity contribution in [3.63, 3.8) is 0 Å². The Morgan fingerprint density at radius 1 is 1.21 bits per heavy atom. The number of hydrogen-bond acceptors (Lipinski definition) is 8. The van der Waals surface area contributed by atoms with Gasteiger partial charge in [0.2, 0.25) is 5.16 Å². The van der Waals surface area contributed by atoms with Crippen LogP contribution in [0.25, 0.3) is 16.7 Å². The highest BCUT2D eigenvalue weighted by atomic mass is 32.2. The van der Waals surface area contributed by atoms with Crippen molar-refractivity contribution in [3.8, 4) is 17.2 Å². The van der Waals surface area contributed by atoms with Crippen LogP contribution in [0.4, 0.5) is 0 Å². The maximum atomic E-state index is 11.9. The topological polar surface area (TPSA) is 103 Å². The van der Waals surface area contributed by atoms with Crippen molar-refractivity contribution in [2.45, 2.75) is 17.8 Å². The van der Waals surface area contributed by atoms with Crippen LogP contribution in [0, 0.1) is 0 Å². The summed E-state index contributed by atoms with van der Waals surface area (Å²) in [6.45, 7) is 2.44. The van der Waals surface area contributed by atoms with Crippen LogP contribution in [0.3, 0.4) is 0 Å². The first-order valence-electron chi connectivity index (χ1n) is 8.55. The molecule has 0 spiro atoms. The molecule has 4 rings (SSSR count). The molecule has 8 nitrogen and oxygen atoms in total. The van der Waals surface area contributed by atoms with Gasteiger partial charge < -0.3 is 14.3 Å². The van der Waals surface area contributed by atoms with Crippen LogP contribution >= 0.6 is 11.8 Å². The van der Waals surface area contributed by atoms with E-state index in [1.54, 1.807) is 16.8 Å². The molecule has 0 bridgehead atoms. The zero-order valence-corrected chi connectivity index (χ0v) is 15.7. The Hall–Kier alpha value is -3.33.